The van der Waals surface area contributed by atoms with Crippen LogP contribution in [0.3, 0.4) is 0 Å². The molecule has 3 rings (SSSR count). The Balaban J connectivity index is 0.000000514. The maximum absolute atomic E-state index is 10.8. The number of thiophene rings is 1. The number of fused-ring (bicyclic) bond motifs is 1. The summed E-state index contributed by atoms with van der Waals surface area (Å²) in [6.07, 6.45) is 10.6. The highest BCUT2D eigenvalue weighted by Gasteiger charge is 2.23. The molecule has 0 spiro atoms. The molecule has 1 saturated carbocycles. The van der Waals surface area contributed by atoms with Gasteiger partial charge in [0, 0.05) is 4.70 Å². The summed E-state index contributed by atoms with van der Waals surface area (Å²) < 4.78 is 1.07. The van der Waals surface area contributed by atoms with Crippen LogP contribution in [0.25, 0.3) is 10.1 Å². The van der Waals surface area contributed by atoms with Crippen molar-refractivity contribution in [1.82, 2.24) is 0 Å². The minimum absolute atomic E-state index is 0.429. The summed E-state index contributed by atoms with van der Waals surface area (Å²) in [7, 11) is 0. The Morgan fingerprint density at radius 1 is 1.29 bits per heavy atom. The molecule has 0 aliphatic heterocycles. The number of hydrogen-bond donors (Lipinski definition) is 1. The fourth-order valence-corrected chi connectivity index (χ4v) is 2.72. The van der Waals surface area contributed by atoms with E-state index >= 15 is 0 Å². The number of terminal acetylenes is 1. The van der Waals surface area contributed by atoms with Crippen LogP contribution in [0, 0.1) is 12.8 Å². The molecule has 1 aromatic carbocycles. The van der Waals surface area contributed by atoms with Crippen molar-refractivity contribution in [2.75, 3.05) is 0 Å². The summed E-state index contributed by atoms with van der Waals surface area (Å²) in [4.78, 5) is 11.2. The molecule has 1 aliphatic carbocycles. The first kappa shape index (κ1) is 11.7. The number of aromatic carboxylic acids is 1. The summed E-state index contributed by atoms with van der Waals surface area (Å²) in [5.41, 5.74) is 1.36. The van der Waals surface area contributed by atoms with E-state index in [-0.39, 0.29) is 0 Å². The number of benzene rings is 1. The van der Waals surface area contributed by atoms with Gasteiger partial charge in [-0.3, -0.25) is 0 Å². The van der Waals surface area contributed by atoms with Crippen LogP contribution in [-0.2, 0) is 0 Å². The Morgan fingerprint density at radius 2 is 2.00 bits per heavy atom. The maximum Gasteiger partial charge on any atom is 0.345 e. The van der Waals surface area contributed by atoms with Gasteiger partial charge in [0.05, 0.1) is 0 Å². The van der Waals surface area contributed by atoms with E-state index in [2.05, 4.69) is 25.0 Å². The van der Waals surface area contributed by atoms with Gasteiger partial charge in [0.2, 0.25) is 0 Å². The lowest BCUT2D eigenvalue weighted by Gasteiger charge is -1.96. The molecule has 0 atom stereocenters. The number of rotatable bonds is 2. The zero-order valence-corrected chi connectivity index (χ0v) is 10.0. The van der Waals surface area contributed by atoms with E-state index in [0.29, 0.717) is 4.88 Å². The van der Waals surface area contributed by atoms with Crippen LogP contribution in [0.4, 0.5) is 0 Å². The molecule has 0 radical (unpaired) electrons. The highest BCUT2D eigenvalue weighted by molar-refractivity contribution is 7.20. The number of hydrogen-bond acceptors (Lipinski definition) is 2. The molecule has 0 unspecified atom stereocenters. The summed E-state index contributed by atoms with van der Waals surface area (Å²) >= 11 is 1.35. The lowest BCUT2D eigenvalue weighted by molar-refractivity contribution is 0.0702. The number of carboxylic acids is 1. The van der Waals surface area contributed by atoms with Crippen molar-refractivity contribution >= 4 is 27.4 Å². The van der Waals surface area contributed by atoms with Crippen LogP contribution in [0.5, 0.6) is 0 Å². The Morgan fingerprint density at radius 3 is 2.59 bits per heavy atom. The molecule has 2 aromatic rings. The van der Waals surface area contributed by atoms with Crippen LogP contribution < -0.4 is 0 Å². The van der Waals surface area contributed by atoms with E-state index in [0.717, 1.165) is 16.0 Å². The van der Waals surface area contributed by atoms with Gasteiger partial charge in [-0.05, 0) is 41.8 Å². The van der Waals surface area contributed by atoms with Gasteiger partial charge >= 0.3 is 5.97 Å². The van der Waals surface area contributed by atoms with Gasteiger partial charge in [0.15, 0.2) is 0 Å². The maximum atomic E-state index is 10.8. The van der Waals surface area contributed by atoms with E-state index in [1.807, 2.05) is 6.07 Å². The summed E-state index contributed by atoms with van der Waals surface area (Å²) in [6, 6.07) is 8.08. The van der Waals surface area contributed by atoms with Crippen molar-refractivity contribution in [3.63, 3.8) is 0 Å². The van der Waals surface area contributed by atoms with Crippen molar-refractivity contribution in [2.45, 2.75) is 18.8 Å². The molecule has 1 aromatic heterocycles. The zero-order valence-electron chi connectivity index (χ0n) is 9.22. The van der Waals surface area contributed by atoms with Gasteiger partial charge in [0.1, 0.15) is 4.88 Å². The fourth-order valence-electron chi connectivity index (χ4n) is 1.84. The van der Waals surface area contributed by atoms with Crippen molar-refractivity contribution in [1.29, 1.82) is 0 Å². The van der Waals surface area contributed by atoms with Gasteiger partial charge in [-0.1, -0.05) is 12.1 Å². The molecular formula is C14H12O2S. The second-order valence-corrected chi connectivity index (χ2v) is 5.07. The highest BCUT2D eigenvalue weighted by atomic mass is 32.1. The summed E-state index contributed by atoms with van der Waals surface area (Å²) in [5.74, 6) is -0.105. The number of carbonyl (C=O) groups is 1. The Bertz CT molecular complexity index is 576. The molecule has 2 nitrogen and oxygen atoms in total. The first-order valence-corrected chi connectivity index (χ1v) is 6.16. The van der Waals surface area contributed by atoms with Crippen LogP contribution >= 0.6 is 11.3 Å². The smallest absolute Gasteiger partial charge is 0.345 e. The first-order valence-electron chi connectivity index (χ1n) is 5.34. The fraction of sp³-hybridized carbons (Fsp3) is 0.214. The monoisotopic (exact) mass is 244 g/mol. The highest BCUT2D eigenvalue weighted by Crippen LogP contribution is 2.41. The molecule has 86 valence electrons. The summed E-state index contributed by atoms with van der Waals surface area (Å²) in [6.45, 7) is 0. The molecule has 1 fully saturated rings. The van der Waals surface area contributed by atoms with Gasteiger partial charge in [-0.15, -0.1) is 24.2 Å². The molecule has 0 bridgehead atoms. The Kier molecular flexibility index (Phi) is 3.16. The number of carboxylic acid groups (broad SMARTS) is 1. The predicted octanol–water partition coefficient (Wildman–Crippen LogP) is 3.73. The van der Waals surface area contributed by atoms with Gasteiger partial charge in [0.25, 0.3) is 0 Å². The van der Waals surface area contributed by atoms with Crippen molar-refractivity contribution in [2.24, 2.45) is 0 Å². The zero-order chi connectivity index (χ0) is 12.4. The van der Waals surface area contributed by atoms with Gasteiger partial charge < -0.3 is 5.11 Å². The van der Waals surface area contributed by atoms with Gasteiger partial charge in [-0.2, -0.15) is 0 Å². The summed E-state index contributed by atoms with van der Waals surface area (Å²) in [5, 5.41) is 9.96. The standard InChI is InChI=1S/C12H10O2S.C2H2/c13-12(14)11-6-9-5-8(7-1-2-7)3-4-10(9)15-11;1-2/h3-7H,1-2H2,(H,13,14);1-2H. The van der Waals surface area contributed by atoms with Gasteiger partial charge in [-0.25, -0.2) is 4.79 Å². The minimum atomic E-state index is -0.829. The molecule has 3 heteroatoms. The molecule has 17 heavy (non-hydrogen) atoms. The second kappa shape index (κ2) is 4.60. The average Bonchev–Trinajstić information content (AvgIpc) is 3.10. The Labute approximate surface area is 104 Å². The molecule has 1 aliphatic rings. The lowest BCUT2D eigenvalue weighted by atomic mass is 10.1. The largest absolute Gasteiger partial charge is 0.477 e. The second-order valence-electron chi connectivity index (χ2n) is 3.99. The van der Waals surface area contributed by atoms with E-state index in [9.17, 15) is 4.79 Å². The molecule has 0 saturated heterocycles. The van der Waals surface area contributed by atoms with E-state index in [1.165, 1.54) is 29.7 Å². The Hall–Kier alpha value is -1.79. The van der Waals surface area contributed by atoms with E-state index < -0.39 is 5.97 Å². The van der Waals surface area contributed by atoms with Crippen molar-refractivity contribution in [3.05, 3.63) is 34.7 Å². The van der Waals surface area contributed by atoms with Crippen LogP contribution in [0.1, 0.15) is 34.0 Å². The van der Waals surface area contributed by atoms with Crippen LogP contribution in [0.2, 0.25) is 0 Å². The van der Waals surface area contributed by atoms with Crippen molar-refractivity contribution < 1.29 is 9.90 Å². The first-order chi connectivity index (χ1) is 8.24. The molecule has 0 amide bonds. The van der Waals surface area contributed by atoms with E-state index in [4.69, 9.17) is 5.11 Å². The average molecular weight is 244 g/mol. The molecule has 1 N–H and O–H groups in total. The molecular weight excluding hydrogens is 232 g/mol. The molecule has 1 heterocycles. The topological polar surface area (TPSA) is 37.3 Å². The SMILES string of the molecule is C#C.O=C(O)c1cc2cc(C3CC3)ccc2s1. The van der Waals surface area contributed by atoms with Crippen LogP contribution in [0.15, 0.2) is 24.3 Å². The third-order valence-corrected chi connectivity index (χ3v) is 3.90. The van der Waals surface area contributed by atoms with Crippen molar-refractivity contribution in [3.8, 4) is 12.8 Å². The van der Waals surface area contributed by atoms with Crippen LogP contribution in [-0.4, -0.2) is 11.1 Å². The third kappa shape index (κ3) is 2.32. The van der Waals surface area contributed by atoms with E-state index in [1.54, 1.807) is 6.07 Å². The third-order valence-electron chi connectivity index (χ3n) is 2.80. The predicted molar refractivity (Wildman–Crippen MR) is 70.6 cm³/mol. The normalized spacial score (nSPS) is 14.0. The quantitative estimate of drug-likeness (QED) is 0.817. The lowest BCUT2D eigenvalue weighted by Crippen LogP contribution is -1.89. The minimum Gasteiger partial charge on any atom is -0.477 e.